The van der Waals surface area contributed by atoms with Gasteiger partial charge in [-0.15, -0.1) is 0 Å². The summed E-state index contributed by atoms with van der Waals surface area (Å²) in [6.45, 7) is 3.81. The molecule has 3 rings (SSSR count). The highest BCUT2D eigenvalue weighted by Crippen LogP contribution is 2.25. The van der Waals surface area contributed by atoms with Crippen molar-refractivity contribution in [3.63, 3.8) is 0 Å². The molecule has 28 heavy (non-hydrogen) atoms. The van der Waals surface area contributed by atoms with Crippen LogP contribution in [0.25, 0.3) is 11.4 Å². The molecule has 1 atom stereocenters. The van der Waals surface area contributed by atoms with E-state index in [9.17, 15) is 13.9 Å². The highest BCUT2D eigenvalue weighted by molar-refractivity contribution is 5.65. The molecule has 2 aromatic heterocycles. The molecule has 0 radical (unpaired) electrons. The first-order chi connectivity index (χ1) is 13.5. The van der Waals surface area contributed by atoms with E-state index < -0.39 is 11.6 Å². The molecule has 0 aliphatic heterocycles. The average Bonchev–Trinajstić information content (AvgIpc) is 2.70. The molecule has 0 bridgehead atoms. The molecule has 6 nitrogen and oxygen atoms in total. The van der Waals surface area contributed by atoms with Crippen molar-refractivity contribution >= 4 is 17.5 Å². The predicted molar refractivity (Wildman–Crippen MR) is 104 cm³/mol. The lowest BCUT2D eigenvalue weighted by atomic mass is 10.1. The zero-order valence-electron chi connectivity index (χ0n) is 15.5. The second-order valence-electron chi connectivity index (χ2n) is 6.58. The Bertz CT molecular complexity index is 937. The van der Waals surface area contributed by atoms with E-state index in [2.05, 4.69) is 25.6 Å². The number of rotatable bonds is 7. The molecule has 8 heteroatoms. The van der Waals surface area contributed by atoms with Crippen molar-refractivity contribution in [3.8, 4) is 11.4 Å². The SMILES string of the molecule is CC(C)[C@@H](CO)Nc1nc(Nc2cccc(F)c2F)cc(-c2ccccn2)n1. The summed E-state index contributed by atoms with van der Waals surface area (Å²) < 4.78 is 27.6. The van der Waals surface area contributed by atoms with Gasteiger partial charge in [-0.25, -0.2) is 13.8 Å². The van der Waals surface area contributed by atoms with Gasteiger partial charge in [0.15, 0.2) is 11.6 Å². The summed E-state index contributed by atoms with van der Waals surface area (Å²) in [4.78, 5) is 13.1. The van der Waals surface area contributed by atoms with Crippen LogP contribution in [0.2, 0.25) is 0 Å². The van der Waals surface area contributed by atoms with Gasteiger partial charge in [0.2, 0.25) is 5.95 Å². The minimum absolute atomic E-state index is 0.0424. The third kappa shape index (κ3) is 4.58. The fraction of sp³-hybridized carbons (Fsp3) is 0.250. The summed E-state index contributed by atoms with van der Waals surface area (Å²) in [7, 11) is 0. The highest BCUT2D eigenvalue weighted by atomic mass is 19.2. The number of anilines is 3. The van der Waals surface area contributed by atoms with Crippen LogP contribution < -0.4 is 10.6 Å². The number of hydrogen-bond donors (Lipinski definition) is 3. The summed E-state index contributed by atoms with van der Waals surface area (Å²) in [6, 6.07) is 10.6. The number of benzene rings is 1. The fourth-order valence-corrected chi connectivity index (χ4v) is 2.55. The van der Waals surface area contributed by atoms with Crippen LogP contribution in [0.1, 0.15) is 13.8 Å². The van der Waals surface area contributed by atoms with Gasteiger partial charge in [-0.05, 0) is 30.2 Å². The number of pyridine rings is 1. The fourth-order valence-electron chi connectivity index (χ4n) is 2.55. The lowest BCUT2D eigenvalue weighted by Crippen LogP contribution is -2.30. The number of nitrogens with one attached hydrogen (secondary N) is 2. The van der Waals surface area contributed by atoms with Crippen LogP contribution in [-0.4, -0.2) is 32.7 Å². The average molecular weight is 385 g/mol. The Hall–Kier alpha value is -3.13. The van der Waals surface area contributed by atoms with Crippen molar-refractivity contribution in [2.45, 2.75) is 19.9 Å². The van der Waals surface area contributed by atoms with E-state index in [0.29, 0.717) is 11.4 Å². The Kier molecular flexibility index (Phi) is 6.10. The molecule has 2 heterocycles. The van der Waals surface area contributed by atoms with Crippen molar-refractivity contribution in [2.24, 2.45) is 5.92 Å². The van der Waals surface area contributed by atoms with Crippen molar-refractivity contribution < 1.29 is 13.9 Å². The molecule has 0 saturated heterocycles. The molecule has 146 valence electrons. The zero-order valence-corrected chi connectivity index (χ0v) is 15.5. The first-order valence-electron chi connectivity index (χ1n) is 8.87. The smallest absolute Gasteiger partial charge is 0.225 e. The number of nitrogens with zero attached hydrogens (tertiary/aromatic N) is 3. The maximum absolute atomic E-state index is 14.0. The lowest BCUT2D eigenvalue weighted by molar-refractivity contribution is 0.248. The first-order valence-corrected chi connectivity index (χ1v) is 8.87. The molecular weight excluding hydrogens is 364 g/mol. The van der Waals surface area contributed by atoms with Gasteiger partial charge in [0.25, 0.3) is 0 Å². The summed E-state index contributed by atoms with van der Waals surface area (Å²) in [5.74, 6) is -1.31. The Labute approximate surface area is 161 Å². The van der Waals surface area contributed by atoms with Gasteiger partial charge in [-0.1, -0.05) is 26.0 Å². The largest absolute Gasteiger partial charge is 0.394 e. The molecular formula is C20H21F2N5O. The minimum Gasteiger partial charge on any atom is -0.394 e. The van der Waals surface area contributed by atoms with Crippen molar-refractivity contribution in [1.82, 2.24) is 15.0 Å². The summed E-state index contributed by atoms with van der Waals surface area (Å²) >= 11 is 0. The summed E-state index contributed by atoms with van der Waals surface area (Å²) in [5.41, 5.74) is 1.05. The molecule has 0 saturated carbocycles. The van der Waals surface area contributed by atoms with Crippen molar-refractivity contribution in [2.75, 3.05) is 17.2 Å². The third-order valence-electron chi connectivity index (χ3n) is 4.18. The van der Waals surface area contributed by atoms with E-state index in [0.717, 1.165) is 6.07 Å². The third-order valence-corrected chi connectivity index (χ3v) is 4.18. The quantitative estimate of drug-likeness (QED) is 0.570. The van der Waals surface area contributed by atoms with Crippen molar-refractivity contribution in [1.29, 1.82) is 0 Å². The van der Waals surface area contributed by atoms with Gasteiger partial charge in [-0.3, -0.25) is 4.98 Å². The topological polar surface area (TPSA) is 83.0 Å². The summed E-state index contributed by atoms with van der Waals surface area (Å²) in [6.07, 6.45) is 1.63. The molecule has 1 aromatic carbocycles. The molecule has 0 aliphatic rings. The van der Waals surface area contributed by atoms with E-state index in [1.807, 2.05) is 19.9 Å². The number of aliphatic hydroxyl groups is 1. The minimum atomic E-state index is -0.995. The second kappa shape index (κ2) is 8.71. The van der Waals surface area contributed by atoms with Gasteiger partial charge in [0.05, 0.1) is 29.7 Å². The molecule has 0 fully saturated rings. The van der Waals surface area contributed by atoms with Crippen LogP contribution in [0, 0.1) is 17.6 Å². The summed E-state index contributed by atoms with van der Waals surface area (Å²) in [5, 5.41) is 15.4. The second-order valence-corrected chi connectivity index (χ2v) is 6.58. The van der Waals surface area contributed by atoms with E-state index in [1.54, 1.807) is 24.4 Å². The Balaban J connectivity index is 2.00. The Morgan fingerprint density at radius 2 is 1.86 bits per heavy atom. The van der Waals surface area contributed by atoms with Crippen LogP contribution in [-0.2, 0) is 0 Å². The van der Waals surface area contributed by atoms with Crippen LogP contribution in [0.15, 0.2) is 48.7 Å². The molecule has 3 aromatic rings. The highest BCUT2D eigenvalue weighted by Gasteiger charge is 2.16. The molecule has 0 aliphatic carbocycles. The molecule has 0 spiro atoms. The number of aromatic nitrogens is 3. The standard InChI is InChI=1S/C20H21F2N5O/c1-12(2)17(11-28)26-20-25-16(14-7-3-4-9-23-14)10-18(27-20)24-15-8-5-6-13(21)19(15)22/h3-10,12,17,28H,11H2,1-2H3,(H2,24,25,26,27)/t17-/m1/s1. The maximum Gasteiger partial charge on any atom is 0.225 e. The Morgan fingerprint density at radius 3 is 2.54 bits per heavy atom. The molecule has 3 N–H and O–H groups in total. The van der Waals surface area contributed by atoms with E-state index in [1.165, 1.54) is 12.1 Å². The normalized spacial score (nSPS) is 12.1. The van der Waals surface area contributed by atoms with Gasteiger partial charge < -0.3 is 15.7 Å². The van der Waals surface area contributed by atoms with Crippen LogP contribution in [0.3, 0.4) is 0 Å². The number of aliphatic hydroxyl groups excluding tert-OH is 1. The van der Waals surface area contributed by atoms with Gasteiger partial charge in [-0.2, -0.15) is 4.98 Å². The predicted octanol–water partition coefficient (Wildman–Crippen LogP) is 3.99. The monoisotopic (exact) mass is 385 g/mol. The van der Waals surface area contributed by atoms with Crippen LogP contribution >= 0.6 is 0 Å². The first kappa shape index (κ1) is 19.6. The van der Waals surface area contributed by atoms with E-state index in [-0.39, 0.29) is 36.0 Å². The van der Waals surface area contributed by atoms with Gasteiger partial charge >= 0.3 is 0 Å². The van der Waals surface area contributed by atoms with E-state index >= 15 is 0 Å². The Morgan fingerprint density at radius 1 is 1.04 bits per heavy atom. The molecule has 0 amide bonds. The van der Waals surface area contributed by atoms with Crippen molar-refractivity contribution in [3.05, 3.63) is 60.3 Å². The van der Waals surface area contributed by atoms with Gasteiger partial charge in [0.1, 0.15) is 5.82 Å². The number of hydrogen-bond acceptors (Lipinski definition) is 6. The van der Waals surface area contributed by atoms with E-state index in [4.69, 9.17) is 0 Å². The lowest BCUT2D eigenvalue weighted by Gasteiger charge is -2.20. The van der Waals surface area contributed by atoms with Crippen LogP contribution in [0.4, 0.5) is 26.2 Å². The number of halogens is 2. The zero-order chi connectivity index (χ0) is 20.1. The molecule has 0 unspecified atom stereocenters. The van der Waals surface area contributed by atoms with Crippen LogP contribution in [0.5, 0.6) is 0 Å². The maximum atomic E-state index is 14.0. The van der Waals surface area contributed by atoms with Gasteiger partial charge in [0, 0.05) is 12.3 Å².